The van der Waals surface area contributed by atoms with Gasteiger partial charge in [0, 0.05) is 11.1 Å². The lowest BCUT2D eigenvalue weighted by molar-refractivity contribution is -0.950. The van der Waals surface area contributed by atoms with Crippen molar-refractivity contribution in [2.24, 2.45) is 0 Å². The van der Waals surface area contributed by atoms with E-state index in [-0.39, 0.29) is 15.1 Å². The van der Waals surface area contributed by atoms with Gasteiger partial charge < -0.3 is 9.44 Å². The predicted molar refractivity (Wildman–Crippen MR) is 58.5 cm³/mol. The summed E-state index contributed by atoms with van der Waals surface area (Å²) in [6.07, 6.45) is 0. The van der Waals surface area contributed by atoms with Crippen LogP contribution in [0.4, 0.5) is 0 Å². The SMILES string of the molecule is CC(C)(C)[NH+]1[BH2-][NH+](C(C)(C)C)[BH2-]1. The van der Waals surface area contributed by atoms with Crippen molar-refractivity contribution < 1.29 is 9.44 Å². The first-order chi connectivity index (χ1) is 5.21. The minimum Gasteiger partial charge on any atom is -0.632 e. The van der Waals surface area contributed by atoms with Crippen molar-refractivity contribution in [1.29, 1.82) is 0 Å². The van der Waals surface area contributed by atoms with Crippen LogP contribution >= 0.6 is 0 Å². The summed E-state index contributed by atoms with van der Waals surface area (Å²) in [4.78, 5) is 0. The molecule has 1 saturated heterocycles. The molecule has 0 aromatic carbocycles. The molecule has 0 unspecified atom stereocenters. The smallest absolute Gasteiger partial charge is 0.310 e. The summed E-state index contributed by atoms with van der Waals surface area (Å²) in [6.45, 7) is 14.3. The summed E-state index contributed by atoms with van der Waals surface area (Å²) in [7, 11) is 0.472. The first-order valence-electron chi connectivity index (χ1n) is 5.50. The summed E-state index contributed by atoms with van der Waals surface area (Å²) in [5, 5.41) is 0. The molecular weight excluding hydrogens is 146 g/mol. The zero-order chi connectivity index (χ0) is 9.57. The van der Waals surface area contributed by atoms with Gasteiger partial charge in [-0.05, 0) is 41.5 Å². The Hall–Kier alpha value is 0.0499. The van der Waals surface area contributed by atoms with Crippen molar-refractivity contribution in [3.8, 4) is 0 Å². The van der Waals surface area contributed by atoms with Crippen molar-refractivity contribution in [3.63, 3.8) is 0 Å². The maximum Gasteiger partial charge on any atom is 0.310 e. The molecule has 12 heavy (non-hydrogen) atoms. The molecule has 1 fully saturated rings. The Morgan fingerprint density at radius 2 is 0.917 bits per heavy atom. The van der Waals surface area contributed by atoms with Gasteiger partial charge in [0.05, 0.1) is 0 Å². The highest BCUT2D eigenvalue weighted by Gasteiger charge is 2.33. The highest BCUT2D eigenvalue weighted by molar-refractivity contribution is 6.41. The molecule has 0 bridgehead atoms. The Labute approximate surface area is 77.9 Å². The second kappa shape index (κ2) is 2.78. The summed E-state index contributed by atoms with van der Waals surface area (Å²) >= 11 is 0. The second-order valence-corrected chi connectivity index (χ2v) is 7.00. The van der Waals surface area contributed by atoms with Crippen LogP contribution in [0, 0.1) is 0 Å². The van der Waals surface area contributed by atoms with E-state index in [0.717, 1.165) is 0 Å². The third-order valence-electron chi connectivity index (χ3n) is 4.50. The first kappa shape index (κ1) is 10.1. The van der Waals surface area contributed by atoms with E-state index in [1.54, 1.807) is 0 Å². The lowest BCUT2D eigenvalue weighted by Gasteiger charge is -2.64. The molecule has 72 valence electrons. The van der Waals surface area contributed by atoms with Crippen molar-refractivity contribution in [2.45, 2.75) is 52.6 Å². The normalized spacial score (nSPS) is 31.5. The predicted octanol–water partition coefficient (Wildman–Crippen LogP) is -2.64. The molecule has 0 amide bonds. The number of quaternary nitrogens is 2. The van der Waals surface area contributed by atoms with Gasteiger partial charge in [-0.25, -0.2) is 0 Å². The second-order valence-electron chi connectivity index (χ2n) is 7.00. The van der Waals surface area contributed by atoms with Crippen molar-refractivity contribution in [1.82, 2.24) is 0 Å². The van der Waals surface area contributed by atoms with Crippen LogP contribution < -0.4 is 9.44 Å². The first-order valence-corrected chi connectivity index (χ1v) is 5.50. The molecule has 0 radical (unpaired) electrons. The van der Waals surface area contributed by atoms with Crippen LogP contribution in [0.1, 0.15) is 41.5 Å². The fourth-order valence-electron chi connectivity index (χ4n) is 2.38. The van der Waals surface area contributed by atoms with E-state index in [0.29, 0.717) is 11.1 Å². The molecule has 1 heterocycles. The third-order valence-corrected chi connectivity index (χ3v) is 4.50. The van der Waals surface area contributed by atoms with E-state index in [1.807, 2.05) is 9.44 Å². The maximum atomic E-state index is 2.38. The van der Waals surface area contributed by atoms with Crippen molar-refractivity contribution in [3.05, 3.63) is 0 Å². The molecular formula is C8H24B2N2. The van der Waals surface area contributed by atoms with Crippen LogP contribution in [0.15, 0.2) is 0 Å². The molecule has 2 nitrogen and oxygen atoms in total. The Morgan fingerprint density at radius 3 is 1.08 bits per heavy atom. The summed E-state index contributed by atoms with van der Waals surface area (Å²) in [5.41, 5.74) is 1.10. The topological polar surface area (TPSA) is 8.88 Å². The Kier molecular flexibility index (Phi) is 2.34. The van der Waals surface area contributed by atoms with Gasteiger partial charge in [0.15, 0.2) is 0 Å². The molecule has 0 saturated carbocycles. The van der Waals surface area contributed by atoms with Crippen LogP contribution in [-0.2, 0) is 0 Å². The summed E-state index contributed by atoms with van der Waals surface area (Å²) in [6, 6.07) is 0. The lowest BCUT2D eigenvalue weighted by Crippen LogP contribution is -3.58. The molecule has 0 atom stereocenters. The number of hydrogen-bond donors (Lipinski definition) is 2. The molecule has 0 aliphatic carbocycles. The van der Waals surface area contributed by atoms with Gasteiger partial charge in [-0.15, -0.1) is 0 Å². The minimum absolute atomic E-state index is 0.236. The third kappa shape index (κ3) is 2.05. The Bertz CT molecular complexity index is 145. The average Bonchev–Trinajstić information content (AvgIpc) is 1.46. The zero-order valence-electron chi connectivity index (χ0n) is 10.0. The van der Waals surface area contributed by atoms with Crippen LogP contribution in [0.25, 0.3) is 0 Å². The van der Waals surface area contributed by atoms with Crippen LogP contribution in [0.5, 0.6) is 0 Å². The van der Waals surface area contributed by atoms with Gasteiger partial charge in [-0.3, -0.25) is 0 Å². The molecule has 0 spiro atoms. The van der Waals surface area contributed by atoms with E-state index in [4.69, 9.17) is 0 Å². The zero-order valence-corrected chi connectivity index (χ0v) is 10.0. The molecule has 1 rings (SSSR count). The lowest BCUT2D eigenvalue weighted by atomic mass is 9.65. The largest absolute Gasteiger partial charge is 0.632 e. The summed E-state index contributed by atoms with van der Waals surface area (Å²) < 4.78 is 3.96. The molecule has 1 aliphatic rings. The van der Waals surface area contributed by atoms with Gasteiger partial charge in [0.1, 0.15) is 0 Å². The van der Waals surface area contributed by atoms with Gasteiger partial charge in [-0.1, -0.05) is 0 Å². The monoisotopic (exact) mass is 170 g/mol. The van der Waals surface area contributed by atoms with Gasteiger partial charge in [0.2, 0.25) is 0 Å². The quantitative estimate of drug-likeness (QED) is 0.368. The van der Waals surface area contributed by atoms with E-state index in [9.17, 15) is 0 Å². The van der Waals surface area contributed by atoms with Gasteiger partial charge in [0.25, 0.3) is 0 Å². The van der Waals surface area contributed by atoms with E-state index >= 15 is 0 Å². The molecule has 0 aromatic rings. The molecule has 2 N–H and O–H groups in total. The van der Waals surface area contributed by atoms with Gasteiger partial charge >= 0.3 is 15.1 Å². The molecule has 4 heteroatoms. The van der Waals surface area contributed by atoms with Crippen molar-refractivity contribution >= 4 is 15.1 Å². The fourth-order valence-corrected chi connectivity index (χ4v) is 2.38. The highest BCUT2D eigenvalue weighted by Crippen LogP contribution is 1.94. The number of rotatable bonds is 0. The van der Waals surface area contributed by atoms with Gasteiger partial charge in [-0.2, -0.15) is 0 Å². The van der Waals surface area contributed by atoms with Crippen LogP contribution in [-0.4, -0.2) is 26.2 Å². The van der Waals surface area contributed by atoms with Crippen LogP contribution in [0.2, 0.25) is 0 Å². The standard InChI is InChI=1S/C8H24B2N2/c1-7(2,3)11-9-12(10-11)8(4,5)6/h11-12H,9-10H2,1-6H3. The highest BCUT2D eigenvalue weighted by atomic mass is 15.3. The molecule has 1 aliphatic heterocycles. The molecule has 0 aromatic heterocycles. The van der Waals surface area contributed by atoms with E-state index in [2.05, 4.69) is 41.5 Å². The van der Waals surface area contributed by atoms with Crippen molar-refractivity contribution in [2.75, 3.05) is 0 Å². The average molecular weight is 170 g/mol. The van der Waals surface area contributed by atoms with E-state index < -0.39 is 0 Å². The Balaban J connectivity index is 2.39. The number of hydrogen-bond acceptors (Lipinski definition) is 0. The minimum atomic E-state index is 0.236. The van der Waals surface area contributed by atoms with Crippen LogP contribution in [0.3, 0.4) is 0 Å². The number of nitrogens with one attached hydrogen (secondary N) is 2. The Morgan fingerprint density at radius 1 is 0.667 bits per heavy atom. The van der Waals surface area contributed by atoms with E-state index in [1.165, 1.54) is 0 Å². The summed E-state index contributed by atoms with van der Waals surface area (Å²) in [5.74, 6) is 0. The fraction of sp³-hybridized carbons (Fsp3) is 1.00. The maximum absolute atomic E-state index is 2.38.